The minimum absolute atomic E-state index is 0.256. The van der Waals surface area contributed by atoms with E-state index in [1.54, 1.807) is 31.2 Å². The number of carbonyl (C=O) groups excluding carboxylic acids is 2. The Morgan fingerprint density at radius 2 is 1.73 bits per heavy atom. The molecule has 0 unspecified atom stereocenters. The molecule has 0 radical (unpaired) electrons. The maximum absolute atomic E-state index is 11.4. The van der Waals surface area contributed by atoms with E-state index in [0.717, 1.165) is 0 Å². The SMILES string of the molecule is C/C(Cl)=C1\C(=O)OC(=O)c2ccccc21. The van der Waals surface area contributed by atoms with Crippen molar-refractivity contribution in [2.75, 3.05) is 0 Å². The third-order valence-corrected chi connectivity index (χ3v) is 2.34. The van der Waals surface area contributed by atoms with Crippen LogP contribution in [0, 0.1) is 0 Å². The molecule has 0 N–H and O–H groups in total. The average Bonchev–Trinajstić information content (AvgIpc) is 2.17. The second-order valence-corrected chi connectivity index (χ2v) is 3.70. The lowest BCUT2D eigenvalue weighted by atomic mass is 9.97. The molecule has 1 aliphatic heterocycles. The van der Waals surface area contributed by atoms with Crippen LogP contribution in [0.25, 0.3) is 5.57 Å². The molecule has 1 aliphatic rings. The van der Waals surface area contributed by atoms with Crippen LogP contribution in [-0.2, 0) is 9.53 Å². The molecule has 0 atom stereocenters. The Labute approximate surface area is 91.3 Å². The van der Waals surface area contributed by atoms with E-state index in [1.807, 2.05) is 0 Å². The molecule has 0 saturated carbocycles. The molecule has 3 nitrogen and oxygen atoms in total. The molecule has 0 saturated heterocycles. The third-order valence-electron chi connectivity index (χ3n) is 2.15. The zero-order chi connectivity index (χ0) is 11.0. The van der Waals surface area contributed by atoms with Gasteiger partial charge in [0.25, 0.3) is 0 Å². The van der Waals surface area contributed by atoms with Gasteiger partial charge in [-0.3, -0.25) is 0 Å². The van der Waals surface area contributed by atoms with Gasteiger partial charge in [0, 0.05) is 10.6 Å². The first kappa shape index (κ1) is 9.93. The minimum Gasteiger partial charge on any atom is -0.386 e. The third kappa shape index (κ3) is 1.55. The number of cyclic esters (lactones) is 2. The lowest BCUT2D eigenvalue weighted by Crippen LogP contribution is -2.22. The van der Waals surface area contributed by atoms with Crippen LogP contribution in [-0.4, -0.2) is 11.9 Å². The van der Waals surface area contributed by atoms with Crippen molar-refractivity contribution in [1.82, 2.24) is 0 Å². The molecular weight excluding hydrogens is 216 g/mol. The van der Waals surface area contributed by atoms with Crippen LogP contribution < -0.4 is 0 Å². The van der Waals surface area contributed by atoms with Gasteiger partial charge in [-0.1, -0.05) is 29.8 Å². The molecule has 1 heterocycles. The number of fused-ring (bicyclic) bond motifs is 1. The number of carbonyl (C=O) groups is 2. The number of hydrogen-bond donors (Lipinski definition) is 0. The van der Waals surface area contributed by atoms with Crippen LogP contribution in [0.15, 0.2) is 29.3 Å². The molecule has 0 spiro atoms. The Balaban J connectivity index is 2.73. The summed E-state index contributed by atoms with van der Waals surface area (Å²) in [4.78, 5) is 22.8. The van der Waals surface area contributed by atoms with Gasteiger partial charge in [0.05, 0.1) is 11.1 Å². The number of allylic oxidation sites excluding steroid dienone is 1. The van der Waals surface area contributed by atoms with Crippen LogP contribution in [0.5, 0.6) is 0 Å². The van der Waals surface area contributed by atoms with E-state index >= 15 is 0 Å². The maximum Gasteiger partial charge on any atom is 0.347 e. The summed E-state index contributed by atoms with van der Waals surface area (Å²) in [5.74, 6) is -1.32. The number of hydrogen-bond acceptors (Lipinski definition) is 3. The van der Waals surface area contributed by atoms with Gasteiger partial charge in [-0.25, -0.2) is 9.59 Å². The molecule has 4 heteroatoms. The molecular formula is C11H7ClO3. The fraction of sp³-hybridized carbons (Fsp3) is 0.0909. The van der Waals surface area contributed by atoms with E-state index < -0.39 is 11.9 Å². The topological polar surface area (TPSA) is 43.4 Å². The van der Waals surface area contributed by atoms with Crippen LogP contribution in [0.4, 0.5) is 0 Å². The molecule has 0 aliphatic carbocycles. The van der Waals surface area contributed by atoms with Gasteiger partial charge >= 0.3 is 11.9 Å². The maximum atomic E-state index is 11.4. The lowest BCUT2D eigenvalue weighted by molar-refractivity contribution is -0.131. The predicted octanol–water partition coefficient (Wildman–Crippen LogP) is 2.35. The number of halogens is 1. The first-order valence-electron chi connectivity index (χ1n) is 4.33. The van der Waals surface area contributed by atoms with Gasteiger partial charge in [-0.2, -0.15) is 0 Å². The second kappa shape index (κ2) is 3.51. The van der Waals surface area contributed by atoms with Gasteiger partial charge < -0.3 is 4.74 Å². The van der Waals surface area contributed by atoms with Gasteiger partial charge in [0.1, 0.15) is 0 Å². The fourth-order valence-corrected chi connectivity index (χ4v) is 1.68. The molecule has 0 bridgehead atoms. The number of benzene rings is 1. The van der Waals surface area contributed by atoms with Crippen molar-refractivity contribution in [3.8, 4) is 0 Å². The summed E-state index contributed by atoms with van der Waals surface area (Å²) in [5.41, 5.74) is 1.16. The highest BCUT2D eigenvalue weighted by Gasteiger charge is 2.30. The van der Waals surface area contributed by atoms with Crippen LogP contribution >= 0.6 is 11.6 Å². The van der Waals surface area contributed by atoms with Crippen molar-refractivity contribution in [3.63, 3.8) is 0 Å². The number of ether oxygens (including phenoxy) is 1. The highest BCUT2D eigenvalue weighted by atomic mass is 35.5. The van der Waals surface area contributed by atoms with Gasteiger partial charge in [0.2, 0.25) is 0 Å². The summed E-state index contributed by atoms with van der Waals surface area (Å²) in [6, 6.07) is 6.72. The average molecular weight is 223 g/mol. The summed E-state index contributed by atoms with van der Waals surface area (Å²) in [6.07, 6.45) is 0. The van der Waals surface area contributed by atoms with Crippen molar-refractivity contribution in [2.24, 2.45) is 0 Å². The van der Waals surface area contributed by atoms with Crippen molar-refractivity contribution >= 4 is 29.1 Å². The van der Waals surface area contributed by atoms with E-state index in [4.69, 9.17) is 11.6 Å². The van der Waals surface area contributed by atoms with E-state index in [2.05, 4.69) is 4.74 Å². The Hall–Kier alpha value is -1.61. The molecule has 0 amide bonds. The van der Waals surface area contributed by atoms with E-state index in [1.165, 1.54) is 0 Å². The molecule has 1 aromatic rings. The van der Waals surface area contributed by atoms with E-state index in [0.29, 0.717) is 16.2 Å². The van der Waals surface area contributed by atoms with Crippen LogP contribution in [0.3, 0.4) is 0 Å². The highest BCUT2D eigenvalue weighted by molar-refractivity contribution is 6.40. The minimum atomic E-state index is -0.689. The van der Waals surface area contributed by atoms with Gasteiger partial charge in [-0.05, 0) is 13.0 Å². The second-order valence-electron chi connectivity index (χ2n) is 3.13. The Bertz CT molecular complexity index is 484. The smallest absolute Gasteiger partial charge is 0.347 e. The summed E-state index contributed by atoms with van der Waals surface area (Å²) in [6.45, 7) is 1.59. The highest BCUT2D eigenvalue weighted by Crippen LogP contribution is 2.30. The molecule has 0 aromatic heterocycles. The molecule has 0 fully saturated rings. The number of rotatable bonds is 0. The summed E-state index contributed by atoms with van der Waals surface area (Å²) < 4.78 is 4.57. The first-order chi connectivity index (χ1) is 7.11. The first-order valence-corrected chi connectivity index (χ1v) is 4.71. The fourth-order valence-electron chi connectivity index (χ4n) is 1.51. The zero-order valence-electron chi connectivity index (χ0n) is 7.91. The normalized spacial score (nSPS) is 18.3. The summed E-state index contributed by atoms with van der Waals surface area (Å²) in [5, 5.41) is 0.319. The summed E-state index contributed by atoms with van der Waals surface area (Å²) >= 11 is 5.79. The predicted molar refractivity (Wildman–Crippen MR) is 55.3 cm³/mol. The monoisotopic (exact) mass is 222 g/mol. The van der Waals surface area contributed by atoms with Crippen molar-refractivity contribution < 1.29 is 14.3 Å². The lowest BCUT2D eigenvalue weighted by Gasteiger charge is -2.16. The zero-order valence-corrected chi connectivity index (χ0v) is 8.67. The molecule has 15 heavy (non-hydrogen) atoms. The molecule has 1 aromatic carbocycles. The van der Waals surface area contributed by atoms with Gasteiger partial charge in [-0.15, -0.1) is 0 Å². The van der Waals surface area contributed by atoms with Crippen molar-refractivity contribution in [1.29, 1.82) is 0 Å². The van der Waals surface area contributed by atoms with Gasteiger partial charge in [0.15, 0.2) is 0 Å². The van der Waals surface area contributed by atoms with Crippen LogP contribution in [0.1, 0.15) is 22.8 Å². The van der Waals surface area contributed by atoms with E-state index in [-0.39, 0.29) is 5.57 Å². The van der Waals surface area contributed by atoms with Crippen molar-refractivity contribution in [2.45, 2.75) is 6.92 Å². The largest absolute Gasteiger partial charge is 0.386 e. The Morgan fingerprint density at radius 3 is 2.33 bits per heavy atom. The van der Waals surface area contributed by atoms with Crippen LogP contribution in [0.2, 0.25) is 0 Å². The standard InChI is InChI=1S/C11H7ClO3/c1-6(12)9-7-4-2-3-5-8(7)10(13)15-11(9)14/h2-5H,1H3/b9-6+. The Morgan fingerprint density at radius 1 is 1.13 bits per heavy atom. The van der Waals surface area contributed by atoms with E-state index in [9.17, 15) is 9.59 Å². The molecule has 76 valence electrons. The van der Waals surface area contributed by atoms with Crippen molar-refractivity contribution in [3.05, 3.63) is 40.4 Å². The Kier molecular flexibility index (Phi) is 2.32. The summed E-state index contributed by atoms with van der Waals surface area (Å²) in [7, 11) is 0. The molecule has 2 rings (SSSR count). The quantitative estimate of drug-likeness (QED) is 0.385. The number of esters is 2.